The van der Waals surface area contributed by atoms with Gasteiger partial charge in [0.2, 0.25) is 0 Å². The summed E-state index contributed by atoms with van der Waals surface area (Å²) in [6, 6.07) is 10.9. The van der Waals surface area contributed by atoms with Crippen LogP contribution >= 0.6 is 12.2 Å². The van der Waals surface area contributed by atoms with Crippen LogP contribution in [0.1, 0.15) is 32.3 Å². The summed E-state index contributed by atoms with van der Waals surface area (Å²) in [5, 5.41) is 7.29. The molecule has 1 aromatic carbocycles. The fraction of sp³-hybridized carbons (Fsp3) is 0.500. The predicted octanol–water partition coefficient (Wildman–Crippen LogP) is 2.88. The van der Waals surface area contributed by atoms with E-state index in [2.05, 4.69) is 48.7 Å². The molecule has 0 amide bonds. The van der Waals surface area contributed by atoms with E-state index >= 15 is 0 Å². The molecule has 0 aromatic heterocycles. The van der Waals surface area contributed by atoms with Crippen LogP contribution < -0.4 is 10.6 Å². The van der Waals surface area contributed by atoms with Crippen molar-refractivity contribution in [3.8, 4) is 0 Å². The van der Waals surface area contributed by atoms with Crippen molar-refractivity contribution in [2.45, 2.75) is 39.2 Å². The van der Waals surface area contributed by atoms with Crippen LogP contribution in [0.4, 0.5) is 0 Å². The predicted molar refractivity (Wildman–Crippen MR) is 78.3 cm³/mol. The highest BCUT2D eigenvalue weighted by molar-refractivity contribution is 7.80. The van der Waals surface area contributed by atoms with Crippen molar-refractivity contribution in [2.24, 2.45) is 0 Å². The molecule has 1 atom stereocenters. The zero-order valence-electron chi connectivity index (χ0n) is 10.7. The van der Waals surface area contributed by atoms with Gasteiger partial charge in [-0.2, -0.15) is 0 Å². The van der Waals surface area contributed by atoms with E-state index in [-0.39, 0.29) is 0 Å². The second-order valence-corrected chi connectivity index (χ2v) is 4.73. The van der Waals surface area contributed by atoms with Crippen molar-refractivity contribution < 1.29 is 0 Å². The minimum atomic E-state index is 0.455. The summed E-state index contributed by atoms with van der Waals surface area (Å²) >= 11 is 5.24. The van der Waals surface area contributed by atoms with E-state index in [9.17, 15) is 0 Å². The zero-order valence-corrected chi connectivity index (χ0v) is 11.5. The molecular formula is C14H22N2S. The van der Waals surface area contributed by atoms with Crippen molar-refractivity contribution in [2.75, 3.05) is 6.54 Å². The lowest BCUT2D eigenvalue weighted by atomic mass is 10.1. The van der Waals surface area contributed by atoms with Gasteiger partial charge in [0, 0.05) is 12.6 Å². The Morgan fingerprint density at radius 1 is 1.29 bits per heavy atom. The van der Waals surface area contributed by atoms with Crippen molar-refractivity contribution >= 4 is 17.3 Å². The second-order valence-electron chi connectivity index (χ2n) is 4.33. The molecule has 17 heavy (non-hydrogen) atoms. The molecule has 0 fully saturated rings. The topological polar surface area (TPSA) is 24.1 Å². The third-order valence-electron chi connectivity index (χ3n) is 2.64. The third-order valence-corrected chi connectivity index (χ3v) is 2.90. The highest BCUT2D eigenvalue weighted by atomic mass is 32.1. The lowest BCUT2D eigenvalue weighted by molar-refractivity contribution is 0.590. The number of hydrogen-bond donors (Lipinski definition) is 2. The van der Waals surface area contributed by atoms with Crippen molar-refractivity contribution in [1.29, 1.82) is 0 Å². The first kappa shape index (κ1) is 14.0. The van der Waals surface area contributed by atoms with Crippen LogP contribution in [-0.4, -0.2) is 17.7 Å². The Kier molecular flexibility index (Phi) is 6.63. The Morgan fingerprint density at radius 2 is 2.00 bits per heavy atom. The highest BCUT2D eigenvalue weighted by Crippen LogP contribution is 1.98. The first-order valence-corrected chi connectivity index (χ1v) is 6.71. The third kappa shape index (κ3) is 6.27. The lowest BCUT2D eigenvalue weighted by Crippen LogP contribution is -2.41. The number of benzene rings is 1. The maximum atomic E-state index is 5.24. The van der Waals surface area contributed by atoms with E-state index in [0.717, 1.165) is 24.5 Å². The van der Waals surface area contributed by atoms with Gasteiger partial charge in [0.1, 0.15) is 0 Å². The molecule has 0 saturated heterocycles. The molecule has 0 aliphatic heterocycles. The van der Waals surface area contributed by atoms with Gasteiger partial charge < -0.3 is 10.6 Å². The first-order chi connectivity index (χ1) is 8.22. The molecule has 0 bridgehead atoms. The van der Waals surface area contributed by atoms with E-state index in [4.69, 9.17) is 12.2 Å². The molecule has 2 N–H and O–H groups in total. The van der Waals surface area contributed by atoms with Gasteiger partial charge in [-0.1, -0.05) is 43.7 Å². The van der Waals surface area contributed by atoms with Crippen molar-refractivity contribution in [3.05, 3.63) is 35.9 Å². The molecule has 0 saturated carbocycles. The second kappa shape index (κ2) is 8.07. The van der Waals surface area contributed by atoms with Gasteiger partial charge >= 0.3 is 0 Å². The van der Waals surface area contributed by atoms with Gasteiger partial charge in [-0.3, -0.25) is 0 Å². The van der Waals surface area contributed by atoms with Gasteiger partial charge in [-0.25, -0.2) is 0 Å². The van der Waals surface area contributed by atoms with Crippen LogP contribution in [0.5, 0.6) is 0 Å². The van der Waals surface area contributed by atoms with E-state index in [1.165, 1.54) is 12.0 Å². The van der Waals surface area contributed by atoms with E-state index < -0.39 is 0 Å². The largest absolute Gasteiger partial charge is 0.362 e. The minimum Gasteiger partial charge on any atom is -0.362 e. The van der Waals surface area contributed by atoms with Crippen LogP contribution in [0.25, 0.3) is 0 Å². The minimum absolute atomic E-state index is 0.455. The molecule has 1 rings (SSSR count). The normalized spacial score (nSPS) is 11.9. The molecule has 0 spiro atoms. The Hall–Kier alpha value is -1.09. The number of nitrogens with one attached hydrogen (secondary N) is 2. The summed E-state index contributed by atoms with van der Waals surface area (Å²) in [4.78, 5) is 0. The maximum absolute atomic E-state index is 5.24. The lowest BCUT2D eigenvalue weighted by Gasteiger charge is -2.16. The van der Waals surface area contributed by atoms with Crippen LogP contribution in [0, 0.1) is 0 Å². The quantitative estimate of drug-likeness (QED) is 0.759. The summed E-state index contributed by atoms with van der Waals surface area (Å²) in [5.41, 5.74) is 1.34. The number of thiocarbonyl (C=S) groups is 1. The number of rotatable bonds is 6. The molecule has 1 unspecified atom stereocenters. The molecule has 1 aromatic rings. The summed E-state index contributed by atoms with van der Waals surface area (Å²) in [6.45, 7) is 5.23. The molecule has 0 aliphatic rings. The average Bonchev–Trinajstić information content (AvgIpc) is 2.30. The molecule has 0 heterocycles. The van der Waals surface area contributed by atoms with E-state index in [1.807, 2.05) is 6.07 Å². The Labute approximate surface area is 110 Å². The SMILES string of the molecule is CCCC(C)NC(=S)NCCc1ccccc1. The smallest absolute Gasteiger partial charge is 0.166 e. The maximum Gasteiger partial charge on any atom is 0.166 e. The Morgan fingerprint density at radius 3 is 2.65 bits per heavy atom. The Bertz CT molecular complexity index is 324. The van der Waals surface area contributed by atoms with Gasteiger partial charge in [-0.05, 0) is 37.5 Å². The summed E-state index contributed by atoms with van der Waals surface area (Å²) in [7, 11) is 0. The van der Waals surface area contributed by atoms with Gasteiger partial charge in [0.25, 0.3) is 0 Å². The zero-order chi connectivity index (χ0) is 12.5. The van der Waals surface area contributed by atoms with Crippen LogP contribution in [0.2, 0.25) is 0 Å². The standard InChI is InChI=1S/C14H22N2S/c1-3-7-12(2)16-14(17)15-11-10-13-8-5-4-6-9-13/h4-6,8-9,12H,3,7,10-11H2,1-2H3,(H2,15,16,17). The average molecular weight is 250 g/mol. The van der Waals surface area contributed by atoms with E-state index in [0.29, 0.717) is 6.04 Å². The molecule has 3 heteroatoms. The van der Waals surface area contributed by atoms with Crippen LogP contribution in [-0.2, 0) is 6.42 Å². The van der Waals surface area contributed by atoms with Crippen molar-refractivity contribution in [3.63, 3.8) is 0 Å². The monoisotopic (exact) mass is 250 g/mol. The molecule has 2 nitrogen and oxygen atoms in total. The molecule has 0 aliphatic carbocycles. The molecule has 94 valence electrons. The fourth-order valence-electron chi connectivity index (χ4n) is 1.75. The summed E-state index contributed by atoms with van der Waals surface area (Å²) in [6.07, 6.45) is 3.34. The molecular weight excluding hydrogens is 228 g/mol. The fourth-order valence-corrected chi connectivity index (χ4v) is 2.05. The Balaban J connectivity index is 2.16. The van der Waals surface area contributed by atoms with Gasteiger partial charge in [-0.15, -0.1) is 0 Å². The first-order valence-electron chi connectivity index (χ1n) is 6.30. The number of hydrogen-bond acceptors (Lipinski definition) is 1. The summed E-state index contributed by atoms with van der Waals surface area (Å²) in [5.74, 6) is 0. The highest BCUT2D eigenvalue weighted by Gasteiger charge is 2.01. The summed E-state index contributed by atoms with van der Waals surface area (Å²) < 4.78 is 0. The van der Waals surface area contributed by atoms with Gasteiger partial charge in [0.05, 0.1) is 0 Å². The van der Waals surface area contributed by atoms with Crippen LogP contribution in [0.15, 0.2) is 30.3 Å². The van der Waals surface area contributed by atoms with Gasteiger partial charge in [0.15, 0.2) is 5.11 Å². The van der Waals surface area contributed by atoms with Crippen LogP contribution in [0.3, 0.4) is 0 Å². The molecule has 0 radical (unpaired) electrons. The van der Waals surface area contributed by atoms with E-state index in [1.54, 1.807) is 0 Å². The van der Waals surface area contributed by atoms with Crippen molar-refractivity contribution in [1.82, 2.24) is 10.6 Å².